The minimum absolute atomic E-state index is 0.253. The van der Waals surface area contributed by atoms with Crippen LogP contribution >= 0.6 is 11.6 Å². The van der Waals surface area contributed by atoms with Gasteiger partial charge in [-0.05, 0) is 24.3 Å². The molecule has 0 aliphatic carbocycles. The van der Waals surface area contributed by atoms with Gasteiger partial charge >= 0.3 is 0 Å². The molecule has 0 unspecified atom stereocenters. The summed E-state index contributed by atoms with van der Waals surface area (Å²) in [6.07, 6.45) is 3.60. The van der Waals surface area contributed by atoms with E-state index in [1.165, 1.54) is 0 Å². The van der Waals surface area contributed by atoms with Crippen molar-refractivity contribution in [2.24, 2.45) is 7.05 Å². The molecule has 0 atom stereocenters. The van der Waals surface area contributed by atoms with E-state index in [9.17, 15) is 0 Å². The zero-order chi connectivity index (χ0) is 20.1. The van der Waals surface area contributed by atoms with Crippen molar-refractivity contribution in [3.8, 4) is 22.6 Å². The van der Waals surface area contributed by atoms with Gasteiger partial charge in [-0.1, -0.05) is 38.4 Å². The minimum Gasteiger partial charge on any atom is -0.382 e. The Kier molecular flexibility index (Phi) is 4.31. The third kappa shape index (κ3) is 3.20. The number of anilines is 1. The van der Waals surface area contributed by atoms with Crippen LogP contribution in [0.2, 0.25) is 5.02 Å². The Labute approximate surface area is 168 Å². The second-order valence-corrected chi connectivity index (χ2v) is 8.22. The first-order valence-electron chi connectivity index (χ1n) is 8.96. The molecule has 3 heterocycles. The summed E-state index contributed by atoms with van der Waals surface area (Å²) in [7, 11) is 1.86. The Bertz CT molecular complexity index is 1190. The molecule has 1 aromatic carbocycles. The van der Waals surface area contributed by atoms with E-state index < -0.39 is 0 Å². The number of hydrogen-bond donors (Lipinski definition) is 1. The summed E-state index contributed by atoms with van der Waals surface area (Å²) in [6.45, 7) is 6.19. The highest BCUT2D eigenvalue weighted by molar-refractivity contribution is 6.35. The van der Waals surface area contributed by atoms with Gasteiger partial charge in [0.1, 0.15) is 17.2 Å². The summed E-state index contributed by atoms with van der Waals surface area (Å²) in [5.41, 5.74) is 10.4. The van der Waals surface area contributed by atoms with Gasteiger partial charge in [-0.25, -0.2) is 9.97 Å². The van der Waals surface area contributed by atoms with E-state index in [-0.39, 0.29) is 5.41 Å². The Morgan fingerprint density at radius 2 is 1.86 bits per heavy atom. The van der Waals surface area contributed by atoms with Gasteiger partial charge in [0.2, 0.25) is 0 Å². The SMILES string of the molecule is Cn1ccc(-c2nc(N)c(C(C)(C)C)nc2-c2cc(Cl)c3ncccc3c2)n1. The van der Waals surface area contributed by atoms with Crippen molar-refractivity contribution in [1.29, 1.82) is 0 Å². The number of benzene rings is 1. The Balaban J connectivity index is 2.04. The van der Waals surface area contributed by atoms with E-state index in [1.807, 2.05) is 43.6 Å². The number of nitrogens with zero attached hydrogens (tertiary/aromatic N) is 5. The maximum absolute atomic E-state index is 6.52. The largest absolute Gasteiger partial charge is 0.382 e. The molecule has 28 heavy (non-hydrogen) atoms. The fourth-order valence-electron chi connectivity index (χ4n) is 3.21. The normalized spacial score (nSPS) is 11.9. The summed E-state index contributed by atoms with van der Waals surface area (Å²) in [5, 5.41) is 6.00. The van der Waals surface area contributed by atoms with Gasteiger partial charge in [-0.2, -0.15) is 5.10 Å². The smallest absolute Gasteiger partial charge is 0.146 e. The first-order chi connectivity index (χ1) is 13.2. The van der Waals surface area contributed by atoms with Gasteiger partial charge in [0.05, 0.1) is 21.9 Å². The zero-order valence-electron chi connectivity index (χ0n) is 16.2. The van der Waals surface area contributed by atoms with E-state index >= 15 is 0 Å². The van der Waals surface area contributed by atoms with Crippen LogP contribution in [0.1, 0.15) is 26.5 Å². The number of nitrogens with two attached hydrogens (primary N) is 1. The lowest BCUT2D eigenvalue weighted by atomic mass is 9.91. The number of rotatable bonds is 2. The van der Waals surface area contributed by atoms with Crippen molar-refractivity contribution in [2.45, 2.75) is 26.2 Å². The molecule has 3 aromatic heterocycles. The third-order valence-electron chi connectivity index (χ3n) is 4.52. The second kappa shape index (κ2) is 6.56. The van der Waals surface area contributed by atoms with E-state index in [0.29, 0.717) is 27.9 Å². The summed E-state index contributed by atoms with van der Waals surface area (Å²) >= 11 is 6.52. The van der Waals surface area contributed by atoms with E-state index in [0.717, 1.165) is 22.2 Å². The zero-order valence-corrected chi connectivity index (χ0v) is 17.0. The molecule has 4 rings (SSSR count). The van der Waals surface area contributed by atoms with Gasteiger partial charge in [-0.3, -0.25) is 9.67 Å². The summed E-state index contributed by atoms with van der Waals surface area (Å²) in [5.74, 6) is 0.408. The molecule has 0 aliphatic rings. The summed E-state index contributed by atoms with van der Waals surface area (Å²) in [6, 6.07) is 9.65. The Morgan fingerprint density at radius 1 is 1.07 bits per heavy atom. The van der Waals surface area contributed by atoms with Crippen LogP contribution in [0.4, 0.5) is 5.82 Å². The molecule has 0 aliphatic heterocycles. The summed E-state index contributed by atoms with van der Waals surface area (Å²) in [4.78, 5) is 14.0. The van der Waals surface area contributed by atoms with Gasteiger partial charge in [-0.15, -0.1) is 0 Å². The van der Waals surface area contributed by atoms with Crippen molar-refractivity contribution >= 4 is 28.3 Å². The molecule has 2 N–H and O–H groups in total. The topological polar surface area (TPSA) is 82.5 Å². The average molecular weight is 393 g/mol. The quantitative estimate of drug-likeness (QED) is 0.538. The molecule has 0 saturated carbocycles. The number of aromatic nitrogens is 5. The van der Waals surface area contributed by atoms with E-state index in [1.54, 1.807) is 10.9 Å². The number of halogens is 1. The van der Waals surface area contributed by atoms with Crippen LogP contribution in [0.5, 0.6) is 0 Å². The molecular formula is C21H21ClN6. The number of nitrogen functional groups attached to an aromatic ring is 1. The lowest BCUT2D eigenvalue weighted by Crippen LogP contribution is -2.18. The van der Waals surface area contributed by atoms with E-state index in [2.05, 4.69) is 35.8 Å². The van der Waals surface area contributed by atoms with E-state index in [4.69, 9.17) is 22.3 Å². The molecule has 0 saturated heterocycles. The molecular weight excluding hydrogens is 372 g/mol. The van der Waals surface area contributed by atoms with Crippen LogP contribution in [-0.2, 0) is 12.5 Å². The predicted octanol–water partition coefficient (Wildman–Crippen LogP) is 4.63. The maximum atomic E-state index is 6.52. The van der Waals surface area contributed by atoms with Crippen molar-refractivity contribution in [1.82, 2.24) is 24.7 Å². The highest BCUT2D eigenvalue weighted by Crippen LogP contribution is 2.36. The average Bonchev–Trinajstić information content (AvgIpc) is 3.06. The fraction of sp³-hybridized carbons (Fsp3) is 0.238. The molecule has 7 heteroatoms. The minimum atomic E-state index is -0.253. The molecule has 0 spiro atoms. The lowest BCUT2D eigenvalue weighted by Gasteiger charge is -2.21. The molecule has 4 aromatic rings. The highest BCUT2D eigenvalue weighted by Gasteiger charge is 2.25. The molecule has 0 fully saturated rings. The van der Waals surface area contributed by atoms with Crippen LogP contribution in [0.3, 0.4) is 0 Å². The number of aryl methyl sites for hydroxylation is 1. The molecule has 0 amide bonds. The number of fused-ring (bicyclic) bond motifs is 1. The van der Waals surface area contributed by atoms with Crippen molar-refractivity contribution < 1.29 is 0 Å². The van der Waals surface area contributed by atoms with Crippen molar-refractivity contribution in [3.05, 3.63) is 53.4 Å². The number of hydrogen-bond acceptors (Lipinski definition) is 5. The molecule has 0 bridgehead atoms. The van der Waals surface area contributed by atoms with Crippen LogP contribution in [0.15, 0.2) is 42.7 Å². The fourth-order valence-corrected chi connectivity index (χ4v) is 3.48. The van der Waals surface area contributed by atoms with Crippen LogP contribution < -0.4 is 5.73 Å². The van der Waals surface area contributed by atoms with Crippen LogP contribution in [-0.4, -0.2) is 24.7 Å². The van der Waals surface area contributed by atoms with Gasteiger partial charge < -0.3 is 5.73 Å². The first-order valence-corrected chi connectivity index (χ1v) is 9.34. The standard InChI is InChI=1S/C21H21ClN6/c1-21(2,3)19-20(23)26-18(15-7-9-28(4)27-15)17(25-19)13-10-12-6-5-8-24-16(12)14(22)11-13/h5-11H,1-4H3,(H2,23,26). The highest BCUT2D eigenvalue weighted by atomic mass is 35.5. The molecule has 142 valence electrons. The van der Waals surface area contributed by atoms with Gasteiger partial charge in [0, 0.05) is 35.8 Å². The maximum Gasteiger partial charge on any atom is 0.146 e. The Hall–Kier alpha value is -2.99. The number of pyridine rings is 1. The Morgan fingerprint density at radius 3 is 2.54 bits per heavy atom. The van der Waals surface area contributed by atoms with Gasteiger partial charge in [0.15, 0.2) is 0 Å². The van der Waals surface area contributed by atoms with Crippen molar-refractivity contribution in [3.63, 3.8) is 0 Å². The van der Waals surface area contributed by atoms with Crippen LogP contribution in [0, 0.1) is 0 Å². The first kappa shape index (κ1) is 18.4. The van der Waals surface area contributed by atoms with Gasteiger partial charge in [0.25, 0.3) is 0 Å². The monoisotopic (exact) mass is 392 g/mol. The van der Waals surface area contributed by atoms with Crippen molar-refractivity contribution in [2.75, 3.05) is 5.73 Å². The summed E-state index contributed by atoms with van der Waals surface area (Å²) < 4.78 is 1.73. The molecule has 0 radical (unpaired) electrons. The third-order valence-corrected chi connectivity index (χ3v) is 4.81. The predicted molar refractivity (Wildman–Crippen MR) is 113 cm³/mol. The lowest BCUT2D eigenvalue weighted by molar-refractivity contribution is 0.570. The molecule has 6 nitrogen and oxygen atoms in total. The van der Waals surface area contributed by atoms with Crippen LogP contribution in [0.25, 0.3) is 33.5 Å². The second-order valence-electron chi connectivity index (χ2n) is 7.81.